The van der Waals surface area contributed by atoms with Crippen molar-refractivity contribution in [2.75, 3.05) is 19.1 Å². The number of anilines is 1. The van der Waals surface area contributed by atoms with Crippen molar-refractivity contribution in [2.24, 2.45) is 0 Å². The summed E-state index contributed by atoms with van der Waals surface area (Å²) in [6, 6.07) is 13.3. The maximum Gasteiger partial charge on any atom is 0.270 e. The summed E-state index contributed by atoms with van der Waals surface area (Å²) in [6.07, 6.45) is 1.79. The zero-order valence-electron chi connectivity index (χ0n) is 14.1. The van der Waals surface area contributed by atoms with Gasteiger partial charge in [-0.1, -0.05) is 53.8 Å². The fourth-order valence-corrected chi connectivity index (χ4v) is 3.84. The average Bonchev–Trinajstić information content (AvgIpc) is 2.89. The first kappa shape index (κ1) is 17.5. The molecule has 0 saturated carbocycles. The van der Waals surface area contributed by atoms with Gasteiger partial charge in [0.1, 0.15) is 0 Å². The van der Waals surface area contributed by atoms with Gasteiger partial charge in [0.25, 0.3) is 5.91 Å². The van der Waals surface area contributed by atoms with E-state index in [1.807, 2.05) is 49.4 Å². The van der Waals surface area contributed by atoms with Crippen molar-refractivity contribution in [1.29, 1.82) is 0 Å². The first-order chi connectivity index (χ1) is 12.0. The van der Waals surface area contributed by atoms with Gasteiger partial charge in [-0.2, -0.15) is 0 Å². The van der Waals surface area contributed by atoms with Crippen LogP contribution < -0.4 is 14.4 Å². The summed E-state index contributed by atoms with van der Waals surface area (Å²) in [4.78, 5) is 14.9. The number of ether oxygens (including phenoxy) is 2. The van der Waals surface area contributed by atoms with Crippen LogP contribution in [0.3, 0.4) is 0 Å². The molecule has 6 heteroatoms. The Morgan fingerprint density at radius 2 is 1.80 bits per heavy atom. The van der Waals surface area contributed by atoms with Gasteiger partial charge in [-0.3, -0.25) is 9.69 Å². The second-order valence-electron chi connectivity index (χ2n) is 5.44. The van der Waals surface area contributed by atoms with Gasteiger partial charge in [-0.15, -0.1) is 0 Å². The van der Waals surface area contributed by atoms with E-state index in [4.69, 9.17) is 21.7 Å². The van der Waals surface area contributed by atoms with Crippen molar-refractivity contribution >= 4 is 46.0 Å². The average molecular weight is 371 g/mol. The summed E-state index contributed by atoms with van der Waals surface area (Å²) < 4.78 is 11.3. The molecule has 0 bridgehead atoms. The predicted octanol–water partition coefficient (Wildman–Crippen LogP) is 4.42. The van der Waals surface area contributed by atoms with Crippen LogP contribution in [0.15, 0.2) is 47.4 Å². The van der Waals surface area contributed by atoms with E-state index in [1.165, 1.54) is 11.8 Å². The van der Waals surface area contributed by atoms with Gasteiger partial charge < -0.3 is 9.47 Å². The maximum absolute atomic E-state index is 12.8. The fourth-order valence-electron chi connectivity index (χ4n) is 2.55. The van der Waals surface area contributed by atoms with E-state index in [0.717, 1.165) is 16.8 Å². The van der Waals surface area contributed by atoms with Crippen molar-refractivity contribution in [3.63, 3.8) is 0 Å². The molecule has 0 radical (unpaired) electrons. The number of methoxy groups -OCH3 is 2. The molecule has 1 fully saturated rings. The third-order valence-electron chi connectivity index (χ3n) is 3.81. The van der Waals surface area contributed by atoms with E-state index in [2.05, 4.69) is 0 Å². The number of para-hydroxylation sites is 1. The monoisotopic (exact) mass is 371 g/mol. The van der Waals surface area contributed by atoms with Gasteiger partial charge >= 0.3 is 0 Å². The maximum atomic E-state index is 12.8. The van der Waals surface area contributed by atoms with Crippen LogP contribution in [-0.2, 0) is 4.79 Å². The molecule has 1 aliphatic rings. The van der Waals surface area contributed by atoms with Crippen molar-refractivity contribution in [3.8, 4) is 11.5 Å². The summed E-state index contributed by atoms with van der Waals surface area (Å²) in [7, 11) is 3.16. The third kappa shape index (κ3) is 3.41. The molecule has 0 atom stereocenters. The third-order valence-corrected chi connectivity index (χ3v) is 5.11. The van der Waals surface area contributed by atoms with Crippen LogP contribution in [-0.4, -0.2) is 24.4 Å². The molecule has 0 unspecified atom stereocenters. The molecule has 1 amide bonds. The zero-order chi connectivity index (χ0) is 18.0. The molecule has 2 aromatic carbocycles. The van der Waals surface area contributed by atoms with Crippen LogP contribution >= 0.6 is 24.0 Å². The lowest BCUT2D eigenvalue weighted by Gasteiger charge is -2.14. The number of carbonyl (C=O) groups is 1. The molecule has 1 aliphatic heterocycles. The Bertz CT molecular complexity index is 859. The van der Waals surface area contributed by atoms with Gasteiger partial charge in [-0.25, -0.2) is 0 Å². The number of amides is 1. The minimum atomic E-state index is -0.135. The lowest BCUT2D eigenvalue weighted by molar-refractivity contribution is -0.113. The number of hydrogen-bond acceptors (Lipinski definition) is 5. The summed E-state index contributed by atoms with van der Waals surface area (Å²) >= 11 is 6.69. The van der Waals surface area contributed by atoms with Crippen molar-refractivity contribution < 1.29 is 14.3 Å². The Labute approximate surface area is 156 Å². The number of hydrogen-bond donors (Lipinski definition) is 0. The Kier molecular flexibility index (Phi) is 5.11. The number of carbonyl (C=O) groups excluding carboxylic acids is 1. The fraction of sp³-hybridized carbons (Fsp3) is 0.158. The van der Waals surface area contributed by atoms with Gasteiger partial charge in [0, 0.05) is 5.56 Å². The van der Waals surface area contributed by atoms with Crippen LogP contribution in [0, 0.1) is 6.92 Å². The minimum Gasteiger partial charge on any atom is -0.493 e. The zero-order valence-corrected chi connectivity index (χ0v) is 15.7. The molecule has 128 valence electrons. The second-order valence-corrected chi connectivity index (χ2v) is 7.11. The molecule has 4 nitrogen and oxygen atoms in total. The smallest absolute Gasteiger partial charge is 0.270 e. The Morgan fingerprint density at radius 3 is 2.44 bits per heavy atom. The molecule has 0 spiro atoms. The second kappa shape index (κ2) is 7.29. The molecule has 2 aromatic rings. The summed E-state index contributed by atoms with van der Waals surface area (Å²) in [5.41, 5.74) is 2.67. The van der Waals surface area contributed by atoms with E-state index >= 15 is 0 Å². The van der Waals surface area contributed by atoms with Gasteiger partial charge in [0.2, 0.25) is 0 Å². The Balaban J connectivity index is 1.97. The lowest BCUT2D eigenvalue weighted by atomic mass is 10.1. The van der Waals surface area contributed by atoms with Gasteiger partial charge in [0.05, 0.1) is 24.8 Å². The largest absolute Gasteiger partial charge is 0.493 e. The predicted molar refractivity (Wildman–Crippen MR) is 106 cm³/mol. The number of thiocarbonyl (C=S) groups is 1. The van der Waals surface area contributed by atoms with E-state index in [-0.39, 0.29) is 5.91 Å². The van der Waals surface area contributed by atoms with E-state index < -0.39 is 0 Å². The van der Waals surface area contributed by atoms with Crippen molar-refractivity contribution in [2.45, 2.75) is 6.92 Å². The summed E-state index contributed by atoms with van der Waals surface area (Å²) in [5.74, 6) is 1.07. The molecule has 0 N–H and O–H groups in total. The number of aryl methyl sites for hydroxylation is 1. The standard InChI is InChI=1S/C19H17NO3S2/c1-12-7-9-14(10-8-12)20-18(21)16(25-19(20)24)11-13-5-4-6-15(22-2)17(13)23-3/h4-11H,1-3H3. The Morgan fingerprint density at radius 1 is 1.08 bits per heavy atom. The molecule has 1 saturated heterocycles. The topological polar surface area (TPSA) is 38.8 Å². The molecule has 0 aromatic heterocycles. The summed E-state index contributed by atoms with van der Waals surface area (Å²) in [6.45, 7) is 2.00. The molecule has 25 heavy (non-hydrogen) atoms. The van der Waals surface area contributed by atoms with Gasteiger partial charge in [0.15, 0.2) is 15.8 Å². The molecule has 0 aliphatic carbocycles. The first-order valence-corrected chi connectivity index (χ1v) is 8.83. The van der Waals surface area contributed by atoms with E-state index in [9.17, 15) is 4.79 Å². The normalized spacial score (nSPS) is 15.8. The first-order valence-electron chi connectivity index (χ1n) is 7.60. The van der Waals surface area contributed by atoms with Gasteiger partial charge in [-0.05, 0) is 31.2 Å². The summed E-state index contributed by atoms with van der Waals surface area (Å²) in [5, 5.41) is 0. The van der Waals surface area contributed by atoms with Crippen LogP contribution in [0.25, 0.3) is 6.08 Å². The lowest BCUT2D eigenvalue weighted by Crippen LogP contribution is -2.27. The number of benzene rings is 2. The molecular formula is C19H17NO3S2. The number of nitrogens with zero attached hydrogens (tertiary/aromatic N) is 1. The molecular weight excluding hydrogens is 354 g/mol. The highest BCUT2D eigenvalue weighted by Gasteiger charge is 2.33. The van der Waals surface area contributed by atoms with Crippen LogP contribution in [0.4, 0.5) is 5.69 Å². The van der Waals surface area contributed by atoms with Crippen molar-refractivity contribution in [1.82, 2.24) is 0 Å². The SMILES string of the molecule is COc1cccc(C=C2SC(=S)N(c3ccc(C)cc3)C2=O)c1OC. The van der Waals surface area contributed by atoms with E-state index in [1.54, 1.807) is 25.2 Å². The Hall–Kier alpha value is -2.31. The highest BCUT2D eigenvalue weighted by atomic mass is 32.2. The quantitative estimate of drug-likeness (QED) is 0.588. The highest BCUT2D eigenvalue weighted by molar-refractivity contribution is 8.27. The molecule has 3 rings (SSSR count). The number of rotatable bonds is 4. The van der Waals surface area contributed by atoms with Crippen LogP contribution in [0.1, 0.15) is 11.1 Å². The van der Waals surface area contributed by atoms with Crippen LogP contribution in [0.2, 0.25) is 0 Å². The minimum absolute atomic E-state index is 0.135. The van der Waals surface area contributed by atoms with Crippen molar-refractivity contribution in [3.05, 3.63) is 58.5 Å². The van der Waals surface area contributed by atoms with E-state index in [0.29, 0.717) is 20.7 Å². The van der Waals surface area contributed by atoms with Crippen LogP contribution in [0.5, 0.6) is 11.5 Å². The molecule has 1 heterocycles. The number of thioether (sulfide) groups is 1. The highest BCUT2D eigenvalue weighted by Crippen LogP contribution is 2.39.